The molecular formula is C20H22Cl2N2O2. The summed E-state index contributed by atoms with van der Waals surface area (Å²) < 4.78 is 12.0. The Balaban J connectivity index is 0.00000169. The number of nitrogens with two attached hydrogens (primary N) is 2. The van der Waals surface area contributed by atoms with Gasteiger partial charge in [-0.05, 0) is 54.1 Å². The van der Waals surface area contributed by atoms with Gasteiger partial charge in [-0.25, -0.2) is 0 Å². The van der Waals surface area contributed by atoms with Crippen molar-refractivity contribution in [2.24, 2.45) is 0 Å². The number of hydrogen-bond donors (Lipinski definition) is 2. The Morgan fingerprint density at radius 1 is 0.654 bits per heavy atom. The lowest BCUT2D eigenvalue weighted by molar-refractivity contribution is 0.129. The number of benzene rings is 3. The first kappa shape index (κ1) is 21.5. The maximum absolute atomic E-state index is 6.10. The van der Waals surface area contributed by atoms with E-state index < -0.39 is 0 Å². The van der Waals surface area contributed by atoms with E-state index in [1.807, 2.05) is 78.9 Å². The van der Waals surface area contributed by atoms with Gasteiger partial charge in [0, 0.05) is 11.4 Å². The molecule has 3 rings (SSSR count). The van der Waals surface area contributed by atoms with E-state index in [-0.39, 0.29) is 30.9 Å². The minimum absolute atomic E-state index is 0. The van der Waals surface area contributed by atoms with Crippen molar-refractivity contribution in [2.75, 3.05) is 18.1 Å². The van der Waals surface area contributed by atoms with Crippen LogP contribution in [0.4, 0.5) is 11.4 Å². The molecule has 4 nitrogen and oxygen atoms in total. The standard InChI is InChI=1S/C20H20N2O2.2ClH/c21-16-6-10-18(11-7-16)23-14-20(15-4-2-1-3-5-15)24-19-12-8-17(22)9-13-19;;/h1-13,20H,14,21-22H2;2*1H. The first-order valence-electron chi connectivity index (χ1n) is 7.76. The molecule has 0 saturated carbocycles. The van der Waals surface area contributed by atoms with Crippen molar-refractivity contribution in [1.82, 2.24) is 0 Å². The molecular weight excluding hydrogens is 371 g/mol. The van der Waals surface area contributed by atoms with Gasteiger partial charge in [0.05, 0.1) is 0 Å². The lowest BCUT2D eigenvalue weighted by Gasteiger charge is -2.20. The Kier molecular flexibility index (Phi) is 8.62. The van der Waals surface area contributed by atoms with Crippen LogP contribution in [0.3, 0.4) is 0 Å². The van der Waals surface area contributed by atoms with Crippen molar-refractivity contribution in [3.05, 3.63) is 84.4 Å². The number of anilines is 2. The van der Waals surface area contributed by atoms with Gasteiger partial charge in [0.1, 0.15) is 18.1 Å². The van der Waals surface area contributed by atoms with Crippen molar-refractivity contribution in [1.29, 1.82) is 0 Å². The van der Waals surface area contributed by atoms with Gasteiger partial charge in [-0.1, -0.05) is 30.3 Å². The van der Waals surface area contributed by atoms with Gasteiger partial charge in [0.15, 0.2) is 6.10 Å². The van der Waals surface area contributed by atoms with Gasteiger partial charge < -0.3 is 20.9 Å². The molecule has 6 heteroatoms. The topological polar surface area (TPSA) is 70.5 Å². The number of halogens is 2. The molecule has 1 atom stereocenters. The van der Waals surface area contributed by atoms with E-state index in [9.17, 15) is 0 Å². The van der Waals surface area contributed by atoms with Crippen LogP contribution < -0.4 is 20.9 Å². The van der Waals surface area contributed by atoms with Crippen LogP contribution >= 0.6 is 24.8 Å². The summed E-state index contributed by atoms with van der Waals surface area (Å²) in [5, 5.41) is 0. The fourth-order valence-electron chi connectivity index (χ4n) is 2.31. The second-order valence-electron chi connectivity index (χ2n) is 5.47. The van der Waals surface area contributed by atoms with Crippen LogP contribution in [0, 0.1) is 0 Å². The molecule has 0 aromatic heterocycles. The number of ether oxygens (including phenoxy) is 2. The molecule has 0 fully saturated rings. The second-order valence-corrected chi connectivity index (χ2v) is 5.47. The van der Waals surface area contributed by atoms with Crippen molar-refractivity contribution in [3.8, 4) is 11.5 Å². The van der Waals surface area contributed by atoms with Crippen LogP contribution in [0.2, 0.25) is 0 Å². The fourth-order valence-corrected chi connectivity index (χ4v) is 2.31. The number of nitrogen functional groups attached to an aromatic ring is 2. The molecule has 26 heavy (non-hydrogen) atoms. The smallest absolute Gasteiger partial charge is 0.158 e. The summed E-state index contributed by atoms with van der Waals surface area (Å²) in [5.41, 5.74) is 13.9. The van der Waals surface area contributed by atoms with Crippen LogP contribution in [0.15, 0.2) is 78.9 Å². The first-order chi connectivity index (χ1) is 11.7. The number of rotatable bonds is 6. The summed E-state index contributed by atoms with van der Waals surface area (Å²) >= 11 is 0. The third-order valence-corrected chi connectivity index (χ3v) is 3.61. The quantitative estimate of drug-likeness (QED) is 0.585. The fraction of sp³-hybridized carbons (Fsp3) is 0.100. The highest BCUT2D eigenvalue weighted by molar-refractivity contribution is 5.85. The van der Waals surface area contributed by atoms with E-state index >= 15 is 0 Å². The zero-order chi connectivity index (χ0) is 16.8. The average molecular weight is 393 g/mol. The van der Waals surface area contributed by atoms with E-state index in [0.717, 1.165) is 17.1 Å². The largest absolute Gasteiger partial charge is 0.489 e. The molecule has 4 N–H and O–H groups in total. The highest BCUT2D eigenvalue weighted by atomic mass is 35.5. The zero-order valence-electron chi connectivity index (χ0n) is 14.1. The molecule has 0 saturated heterocycles. The van der Waals surface area contributed by atoms with E-state index in [4.69, 9.17) is 20.9 Å². The van der Waals surface area contributed by atoms with Crippen molar-refractivity contribution in [2.45, 2.75) is 6.10 Å². The molecule has 3 aromatic carbocycles. The van der Waals surface area contributed by atoms with Crippen molar-refractivity contribution in [3.63, 3.8) is 0 Å². The third kappa shape index (κ3) is 6.06. The van der Waals surface area contributed by atoms with Crippen LogP contribution in [0.25, 0.3) is 0 Å². The molecule has 1 unspecified atom stereocenters. The molecule has 0 aliphatic heterocycles. The minimum Gasteiger partial charge on any atom is -0.489 e. The lowest BCUT2D eigenvalue weighted by atomic mass is 10.1. The number of hydrogen-bond acceptors (Lipinski definition) is 4. The molecule has 3 aromatic rings. The summed E-state index contributed by atoms with van der Waals surface area (Å²) in [6.45, 7) is 0.387. The molecule has 0 aliphatic rings. The molecule has 138 valence electrons. The van der Waals surface area contributed by atoms with E-state index in [0.29, 0.717) is 18.0 Å². The van der Waals surface area contributed by atoms with Crippen molar-refractivity contribution < 1.29 is 9.47 Å². The minimum atomic E-state index is -0.229. The highest BCUT2D eigenvalue weighted by Crippen LogP contribution is 2.24. The van der Waals surface area contributed by atoms with Crippen LogP contribution in [0.1, 0.15) is 11.7 Å². The normalized spacial score (nSPS) is 10.8. The SMILES string of the molecule is Cl.Cl.Nc1ccc(OCC(Oc2ccc(N)cc2)c2ccccc2)cc1. The van der Waals surface area contributed by atoms with Crippen molar-refractivity contribution >= 4 is 36.2 Å². The van der Waals surface area contributed by atoms with E-state index in [1.165, 1.54) is 0 Å². The summed E-state index contributed by atoms with van der Waals surface area (Å²) in [7, 11) is 0. The highest BCUT2D eigenvalue weighted by Gasteiger charge is 2.14. The molecule has 0 radical (unpaired) electrons. The summed E-state index contributed by atoms with van der Waals surface area (Å²) in [4.78, 5) is 0. The van der Waals surface area contributed by atoms with Gasteiger partial charge >= 0.3 is 0 Å². The third-order valence-electron chi connectivity index (χ3n) is 3.61. The Hall–Kier alpha value is -2.56. The van der Waals surface area contributed by atoms with Gasteiger partial charge in [0.25, 0.3) is 0 Å². The second kappa shape index (κ2) is 10.4. The van der Waals surface area contributed by atoms with E-state index in [2.05, 4.69) is 0 Å². The van der Waals surface area contributed by atoms with Crippen LogP contribution in [0.5, 0.6) is 11.5 Å². The summed E-state index contributed by atoms with van der Waals surface area (Å²) in [6.07, 6.45) is -0.229. The van der Waals surface area contributed by atoms with Gasteiger partial charge in [-0.3, -0.25) is 0 Å². The van der Waals surface area contributed by atoms with Gasteiger partial charge in [0.2, 0.25) is 0 Å². The Morgan fingerprint density at radius 2 is 1.15 bits per heavy atom. The monoisotopic (exact) mass is 392 g/mol. The van der Waals surface area contributed by atoms with Gasteiger partial charge in [-0.2, -0.15) is 0 Å². The maximum atomic E-state index is 6.10. The van der Waals surface area contributed by atoms with E-state index in [1.54, 1.807) is 0 Å². The predicted molar refractivity (Wildman–Crippen MR) is 112 cm³/mol. The lowest BCUT2D eigenvalue weighted by Crippen LogP contribution is -2.16. The molecule has 0 spiro atoms. The van der Waals surface area contributed by atoms with Gasteiger partial charge in [-0.15, -0.1) is 24.8 Å². The summed E-state index contributed by atoms with van der Waals surface area (Å²) in [5.74, 6) is 1.50. The zero-order valence-corrected chi connectivity index (χ0v) is 15.7. The maximum Gasteiger partial charge on any atom is 0.158 e. The summed E-state index contributed by atoms with van der Waals surface area (Å²) in [6, 6.07) is 24.7. The molecule has 0 heterocycles. The molecule has 0 bridgehead atoms. The predicted octanol–water partition coefficient (Wildman–Crippen LogP) is 4.89. The Labute approximate surface area is 165 Å². The Bertz CT molecular complexity index is 766. The Morgan fingerprint density at radius 3 is 1.69 bits per heavy atom. The van der Waals surface area contributed by atoms with Crippen LogP contribution in [-0.2, 0) is 0 Å². The average Bonchev–Trinajstić information content (AvgIpc) is 2.62. The molecule has 0 aliphatic carbocycles. The first-order valence-corrected chi connectivity index (χ1v) is 7.76. The molecule has 0 amide bonds. The van der Waals surface area contributed by atoms with Crippen LogP contribution in [-0.4, -0.2) is 6.61 Å².